The third kappa shape index (κ3) is 4.97. The molecule has 1 aromatic rings. The maximum Gasteiger partial charge on any atom is 0.431 e. The number of halogens is 3. The van der Waals surface area contributed by atoms with Crippen molar-refractivity contribution in [1.82, 2.24) is 4.90 Å². The Labute approximate surface area is 112 Å². The summed E-state index contributed by atoms with van der Waals surface area (Å²) in [6, 6.07) is 8.64. The van der Waals surface area contributed by atoms with Gasteiger partial charge in [0.15, 0.2) is 0 Å². The summed E-state index contributed by atoms with van der Waals surface area (Å²) in [7, 11) is 0. The Kier molecular flexibility index (Phi) is 5.93. The van der Waals surface area contributed by atoms with Crippen LogP contribution in [0.3, 0.4) is 0 Å². The van der Waals surface area contributed by atoms with Crippen LogP contribution < -0.4 is 0 Å². The van der Waals surface area contributed by atoms with Gasteiger partial charge in [0.25, 0.3) is 0 Å². The van der Waals surface area contributed by atoms with Gasteiger partial charge in [0.05, 0.1) is 0 Å². The van der Waals surface area contributed by atoms with E-state index in [1.54, 1.807) is 30.3 Å². The normalized spacial score (nSPS) is 12.6. The van der Waals surface area contributed by atoms with Gasteiger partial charge in [-0.3, -0.25) is 0 Å². The van der Waals surface area contributed by atoms with Crippen LogP contribution in [0.4, 0.5) is 13.2 Å². The molecule has 0 spiro atoms. The van der Waals surface area contributed by atoms with E-state index in [1.807, 2.05) is 13.8 Å². The van der Waals surface area contributed by atoms with E-state index in [1.165, 1.54) is 11.0 Å². The molecule has 106 valence electrons. The minimum atomic E-state index is -4.32. The predicted molar refractivity (Wildman–Crippen MR) is 72.6 cm³/mol. The fraction of sp³-hybridized carbons (Fsp3) is 0.467. The van der Waals surface area contributed by atoms with Crippen LogP contribution in [0.2, 0.25) is 0 Å². The molecule has 0 saturated carbocycles. The number of allylic oxidation sites excluding steroid dienone is 1. The van der Waals surface area contributed by atoms with Crippen molar-refractivity contribution in [2.75, 3.05) is 13.1 Å². The molecule has 0 radical (unpaired) electrons. The first kappa shape index (κ1) is 15.6. The van der Waals surface area contributed by atoms with Gasteiger partial charge in [-0.2, -0.15) is 13.2 Å². The summed E-state index contributed by atoms with van der Waals surface area (Å²) >= 11 is 0. The number of rotatable bonds is 6. The highest BCUT2D eigenvalue weighted by Crippen LogP contribution is 2.30. The van der Waals surface area contributed by atoms with E-state index in [4.69, 9.17) is 0 Å². The van der Waals surface area contributed by atoms with Gasteiger partial charge in [0, 0.05) is 13.1 Å². The van der Waals surface area contributed by atoms with Gasteiger partial charge < -0.3 is 4.90 Å². The quantitative estimate of drug-likeness (QED) is 0.724. The minimum Gasteiger partial charge on any atom is -0.368 e. The van der Waals surface area contributed by atoms with E-state index in [9.17, 15) is 13.2 Å². The molecule has 0 unspecified atom stereocenters. The van der Waals surface area contributed by atoms with Crippen molar-refractivity contribution in [3.8, 4) is 0 Å². The van der Waals surface area contributed by atoms with Crippen molar-refractivity contribution in [1.29, 1.82) is 0 Å². The third-order valence-corrected chi connectivity index (χ3v) is 2.72. The zero-order valence-corrected chi connectivity index (χ0v) is 11.4. The molecule has 0 atom stereocenters. The summed E-state index contributed by atoms with van der Waals surface area (Å²) in [5.41, 5.74) is 0.0226. The Bertz CT molecular complexity index is 390. The molecule has 0 amide bonds. The smallest absolute Gasteiger partial charge is 0.368 e. The summed E-state index contributed by atoms with van der Waals surface area (Å²) in [5.74, 6) is 0. The molecule has 19 heavy (non-hydrogen) atoms. The maximum absolute atomic E-state index is 13.2. The second-order valence-electron chi connectivity index (χ2n) is 4.43. The molecule has 0 aliphatic heterocycles. The van der Waals surface area contributed by atoms with Crippen molar-refractivity contribution in [3.63, 3.8) is 0 Å². The molecule has 0 N–H and O–H groups in total. The predicted octanol–water partition coefficient (Wildman–Crippen LogP) is 4.71. The number of hydrogen-bond donors (Lipinski definition) is 0. The fourth-order valence-electron chi connectivity index (χ4n) is 1.95. The molecule has 0 heterocycles. The van der Waals surface area contributed by atoms with Crippen LogP contribution >= 0.6 is 0 Å². The molecule has 1 aromatic carbocycles. The van der Waals surface area contributed by atoms with Gasteiger partial charge >= 0.3 is 6.18 Å². The molecule has 1 nitrogen and oxygen atoms in total. The highest BCUT2D eigenvalue weighted by molar-refractivity contribution is 5.53. The average Bonchev–Trinajstić information content (AvgIpc) is 2.36. The number of alkyl halides is 3. The van der Waals surface area contributed by atoms with Crippen LogP contribution in [0, 0.1) is 0 Å². The van der Waals surface area contributed by atoms with E-state index >= 15 is 0 Å². The van der Waals surface area contributed by atoms with Gasteiger partial charge in [-0.25, -0.2) is 0 Å². The van der Waals surface area contributed by atoms with Gasteiger partial charge in [0.2, 0.25) is 0 Å². The Hall–Kier alpha value is -1.45. The lowest BCUT2D eigenvalue weighted by Gasteiger charge is -2.28. The number of benzene rings is 1. The molecular formula is C15H20F3N. The first-order chi connectivity index (χ1) is 8.99. The molecule has 0 aromatic heterocycles. The van der Waals surface area contributed by atoms with Crippen molar-refractivity contribution in [2.45, 2.75) is 32.9 Å². The highest BCUT2D eigenvalue weighted by atomic mass is 19.4. The molecule has 0 bridgehead atoms. The molecule has 0 aliphatic rings. The van der Waals surface area contributed by atoms with E-state index < -0.39 is 11.9 Å². The van der Waals surface area contributed by atoms with Crippen LogP contribution in [0.25, 0.3) is 6.08 Å². The van der Waals surface area contributed by atoms with Crippen LogP contribution in [0.1, 0.15) is 32.3 Å². The van der Waals surface area contributed by atoms with Crippen LogP contribution in [0.15, 0.2) is 36.0 Å². The molecule has 4 heteroatoms. The Morgan fingerprint density at radius 1 is 1.05 bits per heavy atom. The van der Waals surface area contributed by atoms with Crippen molar-refractivity contribution in [2.24, 2.45) is 0 Å². The van der Waals surface area contributed by atoms with Crippen molar-refractivity contribution >= 4 is 6.08 Å². The second kappa shape index (κ2) is 7.22. The van der Waals surface area contributed by atoms with E-state index in [-0.39, 0.29) is 0 Å². The topological polar surface area (TPSA) is 3.24 Å². The van der Waals surface area contributed by atoms with E-state index in [0.717, 1.165) is 0 Å². The molecule has 0 saturated heterocycles. The van der Waals surface area contributed by atoms with E-state index in [0.29, 0.717) is 31.5 Å². The van der Waals surface area contributed by atoms with Crippen molar-refractivity contribution in [3.05, 3.63) is 41.6 Å². The Morgan fingerprint density at radius 3 is 2.00 bits per heavy atom. The molecular weight excluding hydrogens is 251 g/mol. The minimum absolute atomic E-state index is 0.423. The second-order valence-corrected chi connectivity index (χ2v) is 4.43. The summed E-state index contributed by atoms with van der Waals surface area (Å²) in [6.45, 7) is 4.62. The largest absolute Gasteiger partial charge is 0.431 e. The highest BCUT2D eigenvalue weighted by Gasteiger charge is 2.37. The summed E-state index contributed by atoms with van der Waals surface area (Å²) in [6.07, 6.45) is -1.70. The zero-order valence-electron chi connectivity index (χ0n) is 11.4. The number of nitrogens with zero attached hydrogens (tertiary/aromatic N) is 1. The lowest BCUT2D eigenvalue weighted by atomic mass is 10.1. The Morgan fingerprint density at radius 2 is 1.58 bits per heavy atom. The monoisotopic (exact) mass is 271 g/mol. The van der Waals surface area contributed by atoms with Crippen LogP contribution in [-0.2, 0) is 0 Å². The van der Waals surface area contributed by atoms with Gasteiger partial charge in [-0.1, -0.05) is 44.2 Å². The van der Waals surface area contributed by atoms with Gasteiger partial charge in [-0.15, -0.1) is 0 Å². The summed E-state index contributed by atoms with van der Waals surface area (Å²) in [5, 5.41) is 0. The van der Waals surface area contributed by atoms with Gasteiger partial charge in [-0.05, 0) is 24.5 Å². The molecule has 0 fully saturated rings. The summed E-state index contributed by atoms with van der Waals surface area (Å²) < 4.78 is 39.6. The van der Waals surface area contributed by atoms with Crippen molar-refractivity contribution < 1.29 is 13.2 Å². The molecule has 0 aliphatic carbocycles. The lowest BCUT2D eigenvalue weighted by molar-refractivity contribution is -0.110. The van der Waals surface area contributed by atoms with Crippen LogP contribution in [0.5, 0.6) is 0 Å². The maximum atomic E-state index is 13.2. The van der Waals surface area contributed by atoms with E-state index in [2.05, 4.69) is 0 Å². The van der Waals surface area contributed by atoms with Gasteiger partial charge in [0.1, 0.15) is 5.70 Å². The zero-order chi connectivity index (χ0) is 14.3. The summed E-state index contributed by atoms with van der Waals surface area (Å²) in [4.78, 5) is 1.42. The Balaban J connectivity index is 3.10. The molecule has 1 rings (SSSR count). The lowest BCUT2D eigenvalue weighted by Crippen LogP contribution is -2.33. The third-order valence-electron chi connectivity index (χ3n) is 2.72. The SMILES string of the molecule is CCCN(CCC)/C(=C/c1ccccc1)C(F)(F)F. The standard InChI is InChI=1S/C15H20F3N/c1-3-10-19(11-4-2)14(15(16,17)18)12-13-8-6-5-7-9-13/h5-9,12H,3-4,10-11H2,1-2H3/b14-12+. The fourth-order valence-corrected chi connectivity index (χ4v) is 1.95. The first-order valence-corrected chi connectivity index (χ1v) is 6.58. The number of hydrogen-bond acceptors (Lipinski definition) is 1. The average molecular weight is 271 g/mol. The first-order valence-electron chi connectivity index (χ1n) is 6.58. The van der Waals surface area contributed by atoms with Crippen LogP contribution in [-0.4, -0.2) is 24.2 Å².